The van der Waals surface area contributed by atoms with E-state index in [1.807, 2.05) is 6.07 Å². The quantitative estimate of drug-likeness (QED) is 0.714. The molecule has 0 fully saturated rings. The van der Waals surface area contributed by atoms with Crippen molar-refractivity contribution in [2.75, 3.05) is 0 Å². The van der Waals surface area contributed by atoms with Crippen LogP contribution in [0.25, 0.3) is 11.4 Å². The maximum absolute atomic E-state index is 8.72. The first kappa shape index (κ1) is 8.38. The smallest absolute Gasteiger partial charge is 0.179 e. The van der Waals surface area contributed by atoms with E-state index in [0.717, 1.165) is 11.1 Å². The molecule has 5 heteroatoms. The van der Waals surface area contributed by atoms with Gasteiger partial charge in [-0.15, -0.1) is 5.10 Å². The summed E-state index contributed by atoms with van der Waals surface area (Å²) in [7, 11) is 0. The van der Waals surface area contributed by atoms with E-state index in [1.165, 1.54) is 0 Å². The first-order valence-corrected chi connectivity index (χ1v) is 3.91. The Labute approximate surface area is 80.4 Å². The number of H-pyrrole nitrogens is 1. The minimum atomic E-state index is 0.520. The van der Waals surface area contributed by atoms with E-state index in [9.17, 15) is 0 Å². The molecule has 0 spiro atoms. The summed E-state index contributed by atoms with van der Waals surface area (Å²) in [6.07, 6.45) is 0. The number of nitrogens with one attached hydrogen (secondary N) is 1. The van der Waals surface area contributed by atoms with E-state index < -0.39 is 0 Å². The molecular weight excluding hydrogens is 178 g/mol. The molecule has 0 unspecified atom stereocenters. The fourth-order valence-electron chi connectivity index (χ4n) is 1.14. The van der Waals surface area contributed by atoms with Crippen LogP contribution in [0.2, 0.25) is 0 Å². The predicted molar refractivity (Wildman–Crippen MR) is 48.8 cm³/mol. The number of tetrazole rings is 1. The molecule has 1 heterocycles. The molecule has 67 valence electrons. The van der Waals surface area contributed by atoms with Gasteiger partial charge in [0.25, 0.3) is 0 Å². The molecule has 1 N–H and O–H groups in total. The Kier molecular flexibility index (Phi) is 1.95. The fraction of sp³-hybridized carbons (Fsp3) is 0. The molecule has 0 bridgehead atoms. The van der Waals surface area contributed by atoms with Gasteiger partial charge in [-0.1, -0.05) is 6.07 Å². The van der Waals surface area contributed by atoms with Crippen molar-refractivity contribution in [3.63, 3.8) is 0 Å². The van der Waals surface area contributed by atoms with E-state index in [0.29, 0.717) is 11.4 Å². The van der Waals surface area contributed by atoms with Gasteiger partial charge in [0.1, 0.15) is 0 Å². The van der Waals surface area contributed by atoms with Crippen molar-refractivity contribution in [3.8, 4) is 17.5 Å². The van der Waals surface area contributed by atoms with Crippen LogP contribution < -0.4 is 0 Å². The number of hydrogen-bond acceptors (Lipinski definition) is 4. The molecule has 14 heavy (non-hydrogen) atoms. The van der Waals surface area contributed by atoms with Crippen molar-refractivity contribution in [1.29, 1.82) is 5.26 Å². The minimum Gasteiger partial charge on any atom is -0.239 e. The maximum Gasteiger partial charge on any atom is 0.179 e. The lowest BCUT2D eigenvalue weighted by Crippen LogP contribution is -1.87. The SMILES string of the molecule is [CH2]c1ccc(C#N)cc1-c1nnn[nH]1. The van der Waals surface area contributed by atoms with Gasteiger partial charge >= 0.3 is 0 Å². The normalized spacial score (nSPS) is 9.71. The van der Waals surface area contributed by atoms with Crippen molar-refractivity contribution in [3.05, 3.63) is 36.2 Å². The van der Waals surface area contributed by atoms with Crippen LogP contribution in [0.15, 0.2) is 18.2 Å². The molecule has 0 aliphatic heterocycles. The van der Waals surface area contributed by atoms with Gasteiger partial charge in [-0.25, -0.2) is 5.10 Å². The molecule has 0 saturated heterocycles. The molecule has 5 nitrogen and oxygen atoms in total. The number of benzene rings is 1. The molecule has 0 aliphatic carbocycles. The van der Waals surface area contributed by atoms with Gasteiger partial charge in [-0.2, -0.15) is 5.26 Å². The summed E-state index contributed by atoms with van der Waals surface area (Å²) in [5, 5.41) is 22.0. The second-order valence-electron chi connectivity index (χ2n) is 2.73. The molecule has 0 atom stereocenters. The first-order valence-electron chi connectivity index (χ1n) is 3.91. The highest BCUT2D eigenvalue weighted by Crippen LogP contribution is 2.19. The topological polar surface area (TPSA) is 78.2 Å². The number of hydrogen-bond donors (Lipinski definition) is 1. The Hall–Kier alpha value is -2.22. The van der Waals surface area contributed by atoms with Crippen molar-refractivity contribution in [2.45, 2.75) is 0 Å². The van der Waals surface area contributed by atoms with E-state index in [2.05, 4.69) is 27.5 Å². The van der Waals surface area contributed by atoms with E-state index in [1.54, 1.807) is 18.2 Å². The van der Waals surface area contributed by atoms with Crippen LogP contribution in [-0.4, -0.2) is 20.6 Å². The third kappa shape index (κ3) is 1.33. The summed E-state index contributed by atoms with van der Waals surface area (Å²) in [4.78, 5) is 0. The lowest BCUT2D eigenvalue weighted by molar-refractivity contribution is 0.881. The Bertz CT molecular complexity index is 480. The van der Waals surface area contributed by atoms with Gasteiger partial charge in [0.05, 0.1) is 11.6 Å². The van der Waals surface area contributed by atoms with E-state index in [-0.39, 0.29) is 0 Å². The zero-order chi connectivity index (χ0) is 9.97. The van der Waals surface area contributed by atoms with Crippen molar-refractivity contribution in [1.82, 2.24) is 20.6 Å². The van der Waals surface area contributed by atoms with Crippen LogP contribution in [0.3, 0.4) is 0 Å². The zero-order valence-corrected chi connectivity index (χ0v) is 7.23. The highest BCUT2D eigenvalue weighted by atomic mass is 15.5. The van der Waals surface area contributed by atoms with Gasteiger partial charge in [0.2, 0.25) is 0 Å². The van der Waals surface area contributed by atoms with Gasteiger partial charge in [-0.05, 0) is 35.0 Å². The molecule has 0 saturated carbocycles. The van der Waals surface area contributed by atoms with Crippen LogP contribution in [0.1, 0.15) is 11.1 Å². The third-order valence-corrected chi connectivity index (χ3v) is 1.84. The lowest BCUT2D eigenvalue weighted by atomic mass is 10.1. The van der Waals surface area contributed by atoms with Crippen LogP contribution in [0.5, 0.6) is 0 Å². The monoisotopic (exact) mass is 184 g/mol. The number of nitriles is 1. The highest BCUT2D eigenvalue weighted by Gasteiger charge is 2.06. The average molecular weight is 184 g/mol. The largest absolute Gasteiger partial charge is 0.239 e. The van der Waals surface area contributed by atoms with Crippen LogP contribution in [0.4, 0.5) is 0 Å². The summed E-state index contributed by atoms with van der Waals surface area (Å²) < 4.78 is 0. The summed E-state index contributed by atoms with van der Waals surface area (Å²) >= 11 is 0. The molecular formula is C9H6N5. The summed E-state index contributed by atoms with van der Waals surface area (Å²) in [6, 6.07) is 7.21. The first-order chi connectivity index (χ1) is 6.81. The number of aromatic amines is 1. The van der Waals surface area contributed by atoms with Crippen LogP contribution in [0, 0.1) is 18.3 Å². The highest BCUT2D eigenvalue weighted by molar-refractivity contribution is 5.63. The second kappa shape index (κ2) is 3.26. The minimum absolute atomic E-state index is 0.520. The number of aromatic nitrogens is 4. The standard InChI is InChI=1S/C9H6N5/c1-6-2-3-7(5-10)4-8(6)9-11-13-14-12-9/h2-4H,1H2,(H,11,12,13,14). The molecule has 2 rings (SSSR count). The molecule has 0 amide bonds. The van der Waals surface area contributed by atoms with Crippen LogP contribution in [-0.2, 0) is 0 Å². The van der Waals surface area contributed by atoms with E-state index in [4.69, 9.17) is 5.26 Å². The number of nitrogens with zero attached hydrogens (tertiary/aromatic N) is 4. The average Bonchev–Trinajstić information content (AvgIpc) is 2.71. The van der Waals surface area contributed by atoms with Gasteiger partial charge < -0.3 is 0 Å². The molecule has 2 aromatic rings. The lowest BCUT2D eigenvalue weighted by Gasteiger charge is -2.00. The van der Waals surface area contributed by atoms with Crippen molar-refractivity contribution >= 4 is 0 Å². The Morgan fingerprint density at radius 3 is 2.93 bits per heavy atom. The summed E-state index contributed by atoms with van der Waals surface area (Å²) in [6.45, 7) is 3.83. The Morgan fingerprint density at radius 2 is 2.29 bits per heavy atom. The molecule has 1 aromatic carbocycles. The van der Waals surface area contributed by atoms with Gasteiger partial charge in [-0.3, -0.25) is 0 Å². The third-order valence-electron chi connectivity index (χ3n) is 1.84. The number of rotatable bonds is 1. The van der Waals surface area contributed by atoms with E-state index >= 15 is 0 Å². The fourth-order valence-corrected chi connectivity index (χ4v) is 1.14. The predicted octanol–water partition coefficient (Wildman–Crippen LogP) is 0.921. The molecule has 1 aromatic heterocycles. The van der Waals surface area contributed by atoms with Gasteiger partial charge in [0.15, 0.2) is 5.82 Å². The Morgan fingerprint density at radius 1 is 1.43 bits per heavy atom. The molecule has 0 aliphatic rings. The van der Waals surface area contributed by atoms with Crippen molar-refractivity contribution < 1.29 is 0 Å². The van der Waals surface area contributed by atoms with Crippen LogP contribution >= 0.6 is 0 Å². The summed E-state index contributed by atoms with van der Waals surface area (Å²) in [5.41, 5.74) is 2.08. The van der Waals surface area contributed by atoms with Crippen molar-refractivity contribution in [2.24, 2.45) is 0 Å². The van der Waals surface area contributed by atoms with Gasteiger partial charge in [0, 0.05) is 5.56 Å². The summed E-state index contributed by atoms with van der Waals surface area (Å²) in [5.74, 6) is 0.520. The molecule has 1 radical (unpaired) electrons. The zero-order valence-electron chi connectivity index (χ0n) is 7.23. The Balaban J connectivity index is 2.58. The maximum atomic E-state index is 8.72. The second-order valence-corrected chi connectivity index (χ2v) is 2.73.